The highest BCUT2D eigenvalue weighted by Crippen LogP contribution is 2.22. The van der Waals surface area contributed by atoms with E-state index in [0.717, 1.165) is 9.87 Å². The van der Waals surface area contributed by atoms with Crippen molar-refractivity contribution in [1.29, 1.82) is 0 Å². The zero-order valence-corrected chi connectivity index (χ0v) is 28.7. The first-order valence-corrected chi connectivity index (χ1v) is 17.6. The molecule has 3 amide bonds. The number of aliphatic hydroxyl groups is 1. The maximum Gasteiger partial charge on any atom is 0.251 e. The van der Waals surface area contributed by atoms with Crippen LogP contribution < -0.4 is 20.3 Å². The van der Waals surface area contributed by atoms with Gasteiger partial charge in [-0.1, -0.05) is 94.4 Å². The minimum atomic E-state index is -3.72. The maximum absolute atomic E-state index is 13.4. The minimum absolute atomic E-state index is 0.0616. The van der Waals surface area contributed by atoms with Crippen LogP contribution in [0.5, 0.6) is 0 Å². The third-order valence-electron chi connectivity index (χ3n) is 7.98. The first kappa shape index (κ1) is 37.2. The van der Waals surface area contributed by atoms with Gasteiger partial charge in [-0.2, -0.15) is 0 Å². The van der Waals surface area contributed by atoms with Crippen LogP contribution in [0.15, 0.2) is 84.9 Å². The van der Waals surface area contributed by atoms with Crippen LogP contribution >= 0.6 is 0 Å². The van der Waals surface area contributed by atoms with E-state index in [9.17, 15) is 27.9 Å². The van der Waals surface area contributed by atoms with Crippen molar-refractivity contribution in [2.45, 2.75) is 77.4 Å². The first-order valence-electron chi connectivity index (χ1n) is 16.0. The predicted octanol–water partition coefficient (Wildman–Crippen LogP) is 4.40. The van der Waals surface area contributed by atoms with Crippen LogP contribution in [0.3, 0.4) is 0 Å². The molecule has 0 radical (unpaired) electrons. The van der Waals surface area contributed by atoms with Gasteiger partial charge in [-0.15, -0.1) is 0 Å². The van der Waals surface area contributed by atoms with Crippen molar-refractivity contribution in [3.05, 3.63) is 102 Å². The molecule has 11 heteroatoms. The molecule has 0 aromatic heterocycles. The molecule has 3 rings (SSSR count). The van der Waals surface area contributed by atoms with Gasteiger partial charge in [0.15, 0.2) is 0 Å². The molecule has 0 spiro atoms. The van der Waals surface area contributed by atoms with Crippen LogP contribution in [0.4, 0.5) is 5.69 Å². The lowest BCUT2D eigenvalue weighted by Gasteiger charge is -2.28. The molecule has 47 heavy (non-hydrogen) atoms. The van der Waals surface area contributed by atoms with Gasteiger partial charge in [0.25, 0.3) is 5.91 Å². The van der Waals surface area contributed by atoms with Gasteiger partial charge in [-0.25, -0.2) is 8.42 Å². The number of nitrogens with zero attached hydrogens (tertiary/aromatic N) is 1. The molecule has 0 aliphatic rings. The van der Waals surface area contributed by atoms with E-state index in [-0.39, 0.29) is 35.5 Å². The molecule has 3 aromatic rings. The SMILES string of the molecule is CC[C@H](NC(=O)C(C)CC(O)C(CC(C)C)NC(=O)c1cccc(N(C)S(=O)(=O)Cc2ccccc2)c1)C(=O)NCc1ccccc1. The Morgan fingerprint density at radius 3 is 2.02 bits per heavy atom. The second-order valence-electron chi connectivity index (χ2n) is 12.3. The van der Waals surface area contributed by atoms with E-state index in [1.165, 1.54) is 13.1 Å². The fraction of sp³-hybridized carbons (Fsp3) is 0.417. The molecule has 0 saturated carbocycles. The number of carbonyl (C=O) groups is 3. The van der Waals surface area contributed by atoms with E-state index in [4.69, 9.17) is 0 Å². The Hall–Kier alpha value is -4.22. The number of hydrogen-bond donors (Lipinski definition) is 4. The van der Waals surface area contributed by atoms with E-state index in [1.807, 2.05) is 57.2 Å². The number of sulfonamides is 1. The van der Waals surface area contributed by atoms with E-state index in [2.05, 4.69) is 16.0 Å². The standard InChI is InChI=1S/C36H48N4O6S/c1-6-31(36(44)37-23-27-14-9-7-10-15-27)38-34(42)26(4)21-33(41)32(20-25(2)3)39-35(43)29-18-13-19-30(22-29)40(5)47(45,46)24-28-16-11-8-12-17-28/h7-19,22,25-26,31-33,41H,6,20-21,23-24H2,1-5H3,(H,37,44)(H,38,42)(H,39,43)/t26?,31-,32?,33?/m0/s1. The molecule has 0 aliphatic carbocycles. The number of hydrogen-bond acceptors (Lipinski definition) is 6. The third-order valence-corrected chi connectivity index (χ3v) is 9.72. The molecule has 254 valence electrons. The zero-order valence-electron chi connectivity index (χ0n) is 27.8. The molecule has 10 nitrogen and oxygen atoms in total. The smallest absolute Gasteiger partial charge is 0.251 e. The number of anilines is 1. The average molecular weight is 665 g/mol. The molecule has 0 bridgehead atoms. The van der Waals surface area contributed by atoms with Gasteiger partial charge in [-0.05, 0) is 54.5 Å². The van der Waals surface area contributed by atoms with Crippen molar-refractivity contribution >= 4 is 33.4 Å². The number of nitrogens with one attached hydrogen (secondary N) is 3. The van der Waals surface area contributed by atoms with Gasteiger partial charge in [0.05, 0.1) is 23.6 Å². The predicted molar refractivity (Wildman–Crippen MR) is 185 cm³/mol. The Morgan fingerprint density at radius 1 is 0.809 bits per heavy atom. The van der Waals surface area contributed by atoms with E-state index < -0.39 is 40.0 Å². The van der Waals surface area contributed by atoms with Crippen molar-refractivity contribution < 1.29 is 27.9 Å². The summed E-state index contributed by atoms with van der Waals surface area (Å²) >= 11 is 0. The van der Waals surface area contributed by atoms with Crippen LogP contribution in [0.25, 0.3) is 0 Å². The van der Waals surface area contributed by atoms with Crippen molar-refractivity contribution in [3.63, 3.8) is 0 Å². The number of rotatable bonds is 17. The normalized spacial score (nSPS) is 14.0. The average Bonchev–Trinajstić information content (AvgIpc) is 3.05. The Balaban J connectivity index is 1.63. The molecule has 3 aromatic carbocycles. The van der Waals surface area contributed by atoms with Crippen molar-refractivity contribution in [2.24, 2.45) is 11.8 Å². The lowest BCUT2D eigenvalue weighted by molar-refractivity contribution is -0.131. The minimum Gasteiger partial charge on any atom is -0.391 e. The number of amides is 3. The molecule has 4 atom stereocenters. The Bertz CT molecular complexity index is 1570. The second-order valence-corrected chi connectivity index (χ2v) is 14.3. The highest BCUT2D eigenvalue weighted by atomic mass is 32.2. The molecule has 4 N–H and O–H groups in total. The van der Waals surface area contributed by atoms with Gasteiger partial charge in [0, 0.05) is 25.1 Å². The number of benzene rings is 3. The summed E-state index contributed by atoms with van der Waals surface area (Å²) in [6.07, 6.45) is -0.140. The Labute approximate surface area is 279 Å². The molecular formula is C36H48N4O6S. The highest BCUT2D eigenvalue weighted by molar-refractivity contribution is 7.92. The van der Waals surface area contributed by atoms with Crippen LogP contribution in [0, 0.1) is 11.8 Å². The molecule has 0 heterocycles. The summed E-state index contributed by atoms with van der Waals surface area (Å²) in [7, 11) is -2.27. The van der Waals surface area contributed by atoms with E-state index in [0.29, 0.717) is 30.6 Å². The molecule has 0 saturated heterocycles. The summed E-state index contributed by atoms with van der Waals surface area (Å²) < 4.78 is 27.3. The van der Waals surface area contributed by atoms with Crippen LogP contribution in [-0.4, -0.2) is 56.5 Å². The monoisotopic (exact) mass is 664 g/mol. The summed E-state index contributed by atoms with van der Waals surface area (Å²) in [5.74, 6) is -1.83. The van der Waals surface area contributed by atoms with Crippen LogP contribution in [-0.2, 0) is 31.9 Å². The quantitative estimate of drug-likeness (QED) is 0.169. The van der Waals surface area contributed by atoms with Crippen molar-refractivity contribution in [2.75, 3.05) is 11.4 Å². The van der Waals surface area contributed by atoms with Gasteiger partial charge in [-0.3, -0.25) is 18.7 Å². The Kier molecular flexibility index (Phi) is 14.0. The summed E-state index contributed by atoms with van der Waals surface area (Å²) in [4.78, 5) is 39.2. The number of carbonyl (C=O) groups excluding carboxylic acids is 3. The molecule has 3 unspecified atom stereocenters. The van der Waals surface area contributed by atoms with Gasteiger partial charge in [0.2, 0.25) is 21.8 Å². The van der Waals surface area contributed by atoms with Gasteiger partial charge in [0.1, 0.15) is 6.04 Å². The van der Waals surface area contributed by atoms with E-state index >= 15 is 0 Å². The first-order chi connectivity index (χ1) is 22.3. The third kappa shape index (κ3) is 11.5. The second kappa shape index (κ2) is 17.6. The van der Waals surface area contributed by atoms with Gasteiger partial charge >= 0.3 is 0 Å². The molecule has 0 aliphatic heterocycles. The van der Waals surface area contributed by atoms with Gasteiger partial charge < -0.3 is 21.1 Å². The van der Waals surface area contributed by atoms with Crippen LogP contribution in [0.1, 0.15) is 68.4 Å². The Morgan fingerprint density at radius 2 is 1.43 bits per heavy atom. The summed E-state index contributed by atoms with van der Waals surface area (Å²) in [5.41, 5.74) is 2.17. The maximum atomic E-state index is 13.4. The fourth-order valence-corrected chi connectivity index (χ4v) is 6.41. The summed E-state index contributed by atoms with van der Waals surface area (Å²) in [5, 5.41) is 19.8. The highest BCUT2D eigenvalue weighted by Gasteiger charge is 2.29. The van der Waals surface area contributed by atoms with Crippen molar-refractivity contribution in [1.82, 2.24) is 16.0 Å². The summed E-state index contributed by atoms with van der Waals surface area (Å²) in [6, 6.07) is 23.3. The molecular weight excluding hydrogens is 616 g/mol. The summed E-state index contributed by atoms with van der Waals surface area (Å²) in [6.45, 7) is 7.77. The fourth-order valence-electron chi connectivity index (χ4n) is 5.17. The van der Waals surface area contributed by atoms with E-state index in [1.54, 1.807) is 49.4 Å². The lowest BCUT2D eigenvalue weighted by Crippen LogP contribution is -2.49. The van der Waals surface area contributed by atoms with Crippen molar-refractivity contribution in [3.8, 4) is 0 Å². The number of aliphatic hydroxyl groups excluding tert-OH is 1. The molecule has 0 fully saturated rings. The van der Waals surface area contributed by atoms with Crippen LogP contribution in [0.2, 0.25) is 0 Å². The lowest BCUT2D eigenvalue weighted by atomic mass is 9.92. The zero-order chi connectivity index (χ0) is 34.6. The largest absolute Gasteiger partial charge is 0.391 e. The topological polar surface area (TPSA) is 145 Å².